The highest BCUT2D eigenvalue weighted by Crippen LogP contribution is 2.27. The molecule has 0 saturated carbocycles. The molecule has 0 aliphatic rings. The second-order valence-electron chi connectivity index (χ2n) is 9.17. The van der Waals surface area contributed by atoms with E-state index in [-0.39, 0.29) is 16.7 Å². The Hall–Kier alpha value is -2.71. The number of benzene rings is 2. The number of carbonyl (C=O) groups is 2. The van der Waals surface area contributed by atoms with Crippen LogP contribution >= 0.6 is 0 Å². The van der Waals surface area contributed by atoms with Crippen molar-refractivity contribution in [2.75, 3.05) is 10.6 Å². The number of rotatable bonds is 5. The van der Waals surface area contributed by atoms with Crippen molar-refractivity contribution < 1.29 is 22.6 Å². The number of nitrogens with one attached hydrogen (secondary N) is 2. The third kappa shape index (κ3) is 6.14. The molecule has 0 atom stereocenters. The standard InChI is InChI=1S/C22H28N2O5S/c1-21(2,3)19(25)17-12-7-14(13-18(17)30(27,28)29)20(26)23-15-8-10-16(11-9-15)24-22(4,5)6/h7-13,24H,1-6H3,(H,23,26)(H,27,28,29). The third-order valence-electron chi connectivity index (χ3n) is 4.11. The second kappa shape index (κ2) is 8.20. The number of hydrogen-bond donors (Lipinski definition) is 3. The summed E-state index contributed by atoms with van der Waals surface area (Å²) in [6, 6.07) is 10.7. The fourth-order valence-electron chi connectivity index (χ4n) is 2.74. The number of Topliss-reactive ketones (excluding diaryl/α,β-unsaturated/α-hetero) is 1. The average Bonchev–Trinajstić information content (AvgIpc) is 2.59. The van der Waals surface area contributed by atoms with Gasteiger partial charge >= 0.3 is 0 Å². The molecule has 1 amide bonds. The van der Waals surface area contributed by atoms with E-state index in [0.29, 0.717) is 5.69 Å². The molecule has 8 heteroatoms. The summed E-state index contributed by atoms with van der Waals surface area (Å²) >= 11 is 0. The average molecular weight is 433 g/mol. The Balaban J connectivity index is 2.31. The Kier molecular flexibility index (Phi) is 6.44. The molecule has 0 bridgehead atoms. The van der Waals surface area contributed by atoms with Gasteiger partial charge in [0.05, 0.1) is 0 Å². The normalized spacial score (nSPS) is 12.4. The largest absolute Gasteiger partial charge is 0.380 e. The minimum Gasteiger partial charge on any atom is -0.380 e. The predicted molar refractivity (Wildman–Crippen MR) is 118 cm³/mol. The van der Waals surface area contributed by atoms with E-state index < -0.39 is 32.1 Å². The Bertz CT molecular complexity index is 1060. The summed E-state index contributed by atoms with van der Waals surface area (Å²) in [5.41, 5.74) is 0.293. The molecule has 2 aromatic rings. The van der Waals surface area contributed by atoms with Gasteiger partial charge in [-0.1, -0.05) is 20.8 Å². The topological polar surface area (TPSA) is 113 Å². The fraction of sp³-hybridized carbons (Fsp3) is 0.364. The molecule has 162 valence electrons. The van der Waals surface area contributed by atoms with Crippen LogP contribution in [0.2, 0.25) is 0 Å². The Morgan fingerprint density at radius 2 is 1.40 bits per heavy atom. The molecular weight excluding hydrogens is 404 g/mol. The van der Waals surface area contributed by atoms with E-state index in [9.17, 15) is 22.6 Å². The lowest BCUT2D eigenvalue weighted by Crippen LogP contribution is -2.25. The van der Waals surface area contributed by atoms with Crippen LogP contribution in [0.5, 0.6) is 0 Å². The molecule has 0 aromatic heterocycles. The van der Waals surface area contributed by atoms with E-state index in [4.69, 9.17) is 0 Å². The first-order valence-corrected chi connectivity index (χ1v) is 10.9. The first kappa shape index (κ1) is 23.6. The monoisotopic (exact) mass is 432 g/mol. The summed E-state index contributed by atoms with van der Waals surface area (Å²) in [5, 5.41) is 5.98. The van der Waals surface area contributed by atoms with E-state index in [1.54, 1.807) is 32.9 Å². The molecule has 0 saturated heterocycles. The van der Waals surface area contributed by atoms with Gasteiger partial charge in [-0.2, -0.15) is 8.42 Å². The predicted octanol–water partition coefficient (Wildman–Crippen LogP) is 4.62. The quantitative estimate of drug-likeness (QED) is 0.469. The van der Waals surface area contributed by atoms with Crippen molar-refractivity contribution in [3.05, 3.63) is 53.6 Å². The summed E-state index contributed by atoms with van der Waals surface area (Å²) in [6.45, 7) is 11.0. The van der Waals surface area contributed by atoms with Gasteiger partial charge in [0.1, 0.15) is 4.90 Å². The van der Waals surface area contributed by atoms with Crippen molar-refractivity contribution in [3.8, 4) is 0 Å². The summed E-state index contributed by atoms with van der Waals surface area (Å²) in [4.78, 5) is 24.6. The molecule has 0 heterocycles. The fourth-order valence-corrected chi connectivity index (χ4v) is 3.46. The molecule has 0 spiro atoms. The molecule has 0 aliphatic heterocycles. The zero-order chi connectivity index (χ0) is 22.9. The maximum absolute atomic E-state index is 12.6. The molecule has 0 fully saturated rings. The Morgan fingerprint density at radius 3 is 1.87 bits per heavy atom. The smallest absolute Gasteiger partial charge is 0.295 e. The number of ketones is 1. The highest BCUT2D eigenvalue weighted by molar-refractivity contribution is 7.86. The molecule has 7 nitrogen and oxygen atoms in total. The van der Waals surface area contributed by atoms with Crippen LogP contribution in [0.3, 0.4) is 0 Å². The molecule has 30 heavy (non-hydrogen) atoms. The van der Waals surface area contributed by atoms with E-state index in [1.807, 2.05) is 32.9 Å². The summed E-state index contributed by atoms with van der Waals surface area (Å²) in [6.07, 6.45) is 0. The zero-order valence-corrected chi connectivity index (χ0v) is 18.8. The molecular formula is C22H28N2O5S. The van der Waals surface area contributed by atoms with E-state index >= 15 is 0 Å². The van der Waals surface area contributed by atoms with Crippen LogP contribution in [0.4, 0.5) is 11.4 Å². The van der Waals surface area contributed by atoms with Gasteiger partial charge in [-0.05, 0) is 63.2 Å². The lowest BCUT2D eigenvalue weighted by atomic mass is 9.86. The molecule has 0 unspecified atom stereocenters. The SMILES string of the molecule is CC(C)(C)Nc1ccc(NC(=O)c2ccc(C(=O)C(C)(C)C)c(S(=O)(=O)O)c2)cc1. The van der Waals surface area contributed by atoms with Crippen molar-refractivity contribution in [2.45, 2.75) is 52.0 Å². The van der Waals surface area contributed by atoms with Crippen LogP contribution in [0.25, 0.3) is 0 Å². The first-order chi connectivity index (χ1) is 13.6. The van der Waals surface area contributed by atoms with Gasteiger partial charge in [0, 0.05) is 33.5 Å². The van der Waals surface area contributed by atoms with Crippen molar-refractivity contribution in [2.24, 2.45) is 5.41 Å². The van der Waals surface area contributed by atoms with Crippen LogP contribution < -0.4 is 10.6 Å². The second-order valence-corrected chi connectivity index (χ2v) is 10.6. The van der Waals surface area contributed by atoms with Crippen LogP contribution in [0.15, 0.2) is 47.4 Å². The highest BCUT2D eigenvalue weighted by Gasteiger charge is 2.29. The molecule has 2 aromatic carbocycles. The number of hydrogen-bond acceptors (Lipinski definition) is 5. The minimum atomic E-state index is -4.70. The van der Waals surface area contributed by atoms with Crippen molar-refractivity contribution in [1.82, 2.24) is 0 Å². The van der Waals surface area contributed by atoms with Crippen LogP contribution in [-0.2, 0) is 10.1 Å². The third-order valence-corrected chi connectivity index (χ3v) is 5.00. The van der Waals surface area contributed by atoms with E-state index in [1.165, 1.54) is 12.1 Å². The number of carbonyl (C=O) groups excluding carboxylic acids is 2. The lowest BCUT2D eigenvalue weighted by molar-refractivity contribution is 0.0853. The molecule has 2 rings (SSSR count). The van der Waals surface area contributed by atoms with Crippen LogP contribution in [0, 0.1) is 5.41 Å². The minimum absolute atomic E-state index is 0.00461. The van der Waals surface area contributed by atoms with E-state index in [2.05, 4.69) is 10.6 Å². The van der Waals surface area contributed by atoms with Gasteiger partial charge in [0.25, 0.3) is 16.0 Å². The number of anilines is 2. The number of amides is 1. The van der Waals surface area contributed by atoms with Gasteiger partial charge in [-0.3, -0.25) is 14.1 Å². The summed E-state index contributed by atoms with van der Waals surface area (Å²) in [7, 11) is -4.70. The molecule has 0 radical (unpaired) electrons. The summed E-state index contributed by atoms with van der Waals surface area (Å²) in [5.74, 6) is -1.02. The van der Waals surface area contributed by atoms with Gasteiger partial charge in [0.15, 0.2) is 5.78 Å². The lowest BCUT2D eigenvalue weighted by Gasteiger charge is -2.22. The van der Waals surface area contributed by atoms with Crippen LogP contribution in [-0.4, -0.2) is 30.2 Å². The summed E-state index contributed by atoms with van der Waals surface area (Å²) < 4.78 is 33.3. The van der Waals surface area contributed by atoms with Crippen molar-refractivity contribution >= 4 is 33.2 Å². The van der Waals surface area contributed by atoms with Gasteiger partial charge in [0.2, 0.25) is 0 Å². The highest BCUT2D eigenvalue weighted by atomic mass is 32.2. The van der Waals surface area contributed by atoms with Crippen LogP contribution in [0.1, 0.15) is 62.3 Å². The Morgan fingerprint density at radius 1 is 0.867 bits per heavy atom. The zero-order valence-electron chi connectivity index (χ0n) is 18.0. The molecule has 3 N–H and O–H groups in total. The maximum Gasteiger partial charge on any atom is 0.295 e. The van der Waals surface area contributed by atoms with Crippen molar-refractivity contribution in [1.29, 1.82) is 0 Å². The van der Waals surface area contributed by atoms with Gasteiger partial charge in [-0.25, -0.2) is 0 Å². The van der Waals surface area contributed by atoms with E-state index in [0.717, 1.165) is 11.8 Å². The first-order valence-electron chi connectivity index (χ1n) is 9.44. The van der Waals surface area contributed by atoms with Gasteiger partial charge < -0.3 is 10.6 Å². The maximum atomic E-state index is 12.6. The molecule has 0 aliphatic carbocycles. The Labute approximate surface area is 177 Å². The van der Waals surface area contributed by atoms with Crippen molar-refractivity contribution in [3.63, 3.8) is 0 Å². The van der Waals surface area contributed by atoms with Gasteiger partial charge in [-0.15, -0.1) is 0 Å².